The number of ether oxygens (including phenoxy) is 1. The van der Waals surface area contributed by atoms with Crippen LogP contribution in [0.5, 0.6) is 0 Å². The maximum absolute atomic E-state index is 12.7. The maximum Gasteiger partial charge on any atom is 0.416 e. The molecular weight excluding hydrogens is 309 g/mol. The van der Waals surface area contributed by atoms with Gasteiger partial charge < -0.3 is 15.4 Å². The molecular formula is C13H14ClF3N2O2. The molecule has 2 N–H and O–H groups in total. The van der Waals surface area contributed by atoms with Crippen LogP contribution in [0.2, 0.25) is 5.02 Å². The Morgan fingerprint density at radius 1 is 1.43 bits per heavy atom. The Hall–Kier alpha value is -1.31. The van der Waals surface area contributed by atoms with Gasteiger partial charge in [0, 0.05) is 24.4 Å². The predicted octanol–water partition coefficient (Wildman–Crippen LogP) is 2.67. The molecule has 1 amide bonds. The van der Waals surface area contributed by atoms with E-state index in [2.05, 4.69) is 10.6 Å². The van der Waals surface area contributed by atoms with Crippen LogP contribution >= 0.6 is 11.6 Å². The van der Waals surface area contributed by atoms with E-state index in [1.165, 1.54) is 6.07 Å². The summed E-state index contributed by atoms with van der Waals surface area (Å²) in [6.07, 6.45) is -4.13. The first-order valence-corrected chi connectivity index (χ1v) is 6.62. The van der Waals surface area contributed by atoms with Crippen LogP contribution in [0.15, 0.2) is 18.2 Å². The first-order valence-electron chi connectivity index (χ1n) is 6.24. The second-order valence-electron chi connectivity index (χ2n) is 4.77. The van der Waals surface area contributed by atoms with Crippen LogP contribution in [0.4, 0.5) is 18.9 Å². The normalized spacial score (nSPS) is 22.3. The van der Waals surface area contributed by atoms with Crippen molar-refractivity contribution in [3.63, 3.8) is 0 Å². The summed E-state index contributed by atoms with van der Waals surface area (Å²) in [7, 11) is 1.54. The quantitative estimate of drug-likeness (QED) is 0.899. The summed E-state index contributed by atoms with van der Waals surface area (Å²) in [5.74, 6) is -0.412. The molecule has 1 aliphatic rings. The molecule has 0 spiro atoms. The predicted molar refractivity (Wildman–Crippen MR) is 72.3 cm³/mol. The molecule has 1 heterocycles. The third kappa shape index (κ3) is 4.09. The second-order valence-corrected chi connectivity index (χ2v) is 5.21. The van der Waals surface area contributed by atoms with E-state index in [0.29, 0.717) is 13.0 Å². The zero-order valence-electron chi connectivity index (χ0n) is 11.1. The van der Waals surface area contributed by atoms with Gasteiger partial charge in [-0.25, -0.2) is 0 Å². The first kappa shape index (κ1) is 16.1. The van der Waals surface area contributed by atoms with Gasteiger partial charge in [0.1, 0.15) is 0 Å². The highest BCUT2D eigenvalue weighted by Crippen LogP contribution is 2.33. The second kappa shape index (κ2) is 6.21. The van der Waals surface area contributed by atoms with Crippen molar-refractivity contribution in [2.45, 2.75) is 24.7 Å². The smallest absolute Gasteiger partial charge is 0.380 e. The monoisotopic (exact) mass is 322 g/mol. The molecule has 1 aromatic rings. The number of rotatable bonds is 3. The molecule has 4 nitrogen and oxygen atoms in total. The Morgan fingerprint density at radius 2 is 2.14 bits per heavy atom. The first-order chi connectivity index (χ1) is 9.79. The molecule has 2 rings (SSSR count). The molecule has 1 aliphatic heterocycles. The van der Waals surface area contributed by atoms with Crippen molar-refractivity contribution in [1.29, 1.82) is 0 Å². The van der Waals surface area contributed by atoms with Crippen molar-refractivity contribution in [3.05, 3.63) is 28.8 Å². The summed E-state index contributed by atoms with van der Waals surface area (Å²) in [4.78, 5) is 12.0. The van der Waals surface area contributed by atoms with Crippen LogP contribution in [0.1, 0.15) is 12.0 Å². The van der Waals surface area contributed by atoms with E-state index in [1.807, 2.05) is 0 Å². The Balaban J connectivity index is 2.09. The molecule has 2 unspecified atom stereocenters. The Bertz CT molecular complexity index is 537. The fourth-order valence-electron chi connectivity index (χ4n) is 2.14. The summed E-state index contributed by atoms with van der Waals surface area (Å²) in [5, 5.41) is 5.30. The lowest BCUT2D eigenvalue weighted by atomic mass is 10.1. The molecule has 21 heavy (non-hydrogen) atoms. The summed E-state index contributed by atoms with van der Waals surface area (Å²) in [5.41, 5.74) is -0.887. The fourth-order valence-corrected chi connectivity index (χ4v) is 2.37. The van der Waals surface area contributed by atoms with Crippen LogP contribution < -0.4 is 10.6 Å². The van der Waals surface area contributed by atoms with Crippen molar-refractivity contribution >= 4 is 23.2 Å². The molecule has 2 atom stereocenters. The molecule has 0 aromatic heterocycles. The lowest BCUT2D eigenvalue weighted by molar-refractivity contribution is -0.137. The molecule has 0 saturated carbocycles. The molecule has 0 aliphatic carbocycles. The maximum atomic E-state index is 12.7. The van der Waals surface area contributed by atoms with Crippen molar-refractivity contribution in [1.82, 2.24) is 5.32 Å². The number of carbonyl (C=O) groups excluding carboxylic acids is 1. The molecule has 0 radical (unpaired) electrons. The number of alkyl halides is 3. The van der Waals surface area contributed by atoms with E-state index in [9.17, 15) is 18.0 Å². The highest BCUT2D eigenvalue weighted by Gasteiger charge is 2.32. The number of carbonyl (C=O) groups is 1. The lowest BCUT2D eigenvalue weighted by Gasteiger charge is -2.14. The van der Waals surface area contributed by atoms with E-state index in [4.69, 9.17) is 16.3 Å². The van der Waals surface area contributed by atoms with Gasteiger partial charge in [0.05, 0.1) is 17.7 Å². The minimum Gasteiger partial charge on any atom is -0.380 e. The standard InChI is InChI=1S/C13H14ClF3N2O2/c1-21-10-5-11(18-6-10)12(20)19-9-3-7(13(15,16)17)2-8(14)4-9/h2-4,10-11,18H,5-6H2,1H3,(H,19,20). The van der Waals surface area contributed by atoms with Gasteiger partial charge in [-0.1, -0.05) is 11.6 Å². The van der Waals surface area contributed by atoms with E-state index in [1.54, 1.807) is 7.11 Å². The zero-order valence-corrected chi connectivity index (χ0v) is 11.9. The van der Waals surface area contributed by atoms with E-state index in [-0.39, 0.29) is 16.8 Å². The average molecular weight is 323 g/mol. The summed E-state index contributed by atoms with van der Waals surface area (Å²) in [6, 6.07) is 2.44. The number of benzene rings is 1. The van der Waals surface area contributed by atoms with Crippen molar-refractivity contribution in [3.8, 4) is 0 Å². The van der Waals surface area contributed by atoms with Crippen LogP contribution in [0.25, 0.3) is 0 Å². The molecule has 1 fully saturated rings. The Kier molecular flexibility index (Phi) is 4.75. The number of methoxy groups -OCH3 is 1. The fraction of sp³-hybridized carbons (Fsp3) is 0.462. The molecule has 0 bridgehead atoms. The van der Waals surface area contributed by atoms with Crippen LogP contribution in [-0.2, 0) is 15.7 Å². The number of anilines is 1. The third-order valence-corrected chi connectivity index (χ3v) is 3.45. The van der Waals surface area contributed by atoms with Gasteiger partial charge in [0.2, 0.25) is 5.91 Å². The number of hydrogen-bond donors (Lipinski definition) is 2. The van der Waals surface area contributed by atoms with E-state index in [0.717, 1.165) is 12.1 Å². The Morgan fingerprint density at radius 3 is 2.71 bits per heavy atom. The molecule has 1 aromatic carbocycles. The topological polar surface area (TPSA) is 50.4 Å². The molecule has 1 saturated heterocycles. The highest BCUT2D eigenvalue weighted by molar-refractivity contribution is 6.31. The summed E-state index contributed by atoms with van der Waals surface area (Å²) in [6.45, 7) is 0.526. The minimum atomic E-state index is -4.52. The SMILES string of the molecule is COC1CNC(C(=O)Nc2cc(Cl)cc(C(F)(F)F)c2)C1. The van der Waals surface area contributed by atoms with Crippen molar-refractivity contribution in [2.24, 2.45) is 0 Å². The van der Waals surface area contributed by atoms with Crippen LogP contribution in [0.3, 0.4) is 0 Å². The summed E-state index contributed by atoms with van der Waals surface area (Å²) < 4.78 is 43.2. The van der Waals surface area contributed by atoms with Crippen LogP contribution in [0, 0.1) is 0 Å². The molecule has 116 valence electrons. The largest absolute Gasteiger partial charge is 0.416 e. The van der Waals surface area contributed by atoms with Gasteiger partial charge in [-0.15, -0.1) is 0 Å². The molecule has 8 heteroatoms. The van der Waals surface area contributed by atoms with Gasteiger partial charge in [0.25, 0.3) is 0 Å². The number of halogens is 4. The van der Waals surface area contributed by atoms with Gasteiger partial charge >= 0.3 is 6.18 Å². The zero-order chi connectivity index (χ0) is 15.6. The summed E-state index contributed by atoms with van der Waals surface area (Å²) >= 11 is 5.66. The highest BCUT2D eigenvalue weighted by atomic mass is 35.5. The van der Waals surface area contributed by atoms with Gasteiger partial charge in [-0.05, 0) is 24.6 Å². The average Bonchev–Trinajstić information content (AvgIpc) is 2.85. The third-order valence-electron chi connectivity index (χ3n) is 3.23. The van der Waals surface area contributed by atoms with Gasteiger partial charge in [-0.2, -0.15) is 13.2 Å². The van der Waals surface area contributed by atoms with E-state index < -0.39 is 23.7 Å². The van der Waals surface area contributed by atoms with Gasteiger partial charge in [0.15, 0.2) is 0 Å². The lowest BCUT2D eigenvalue weighted by Crippen LogP contribution is -2.35. The van der Waals surface area contributed by atoms with Crippen molar-refractivity contribution in [2.75, 3.05) is 19.0 Å². The van der Waals surface area contributed by atoms with Gasteiger partial charge in [-0.3, -0.25) is 4.79 Å². The minimum absolute atomic E-state index is 0.0162. The number of hydrogen-bond acceptors (Lipinski definition) is 3. The van der Waals surface area contributed by atoms with E-state index >= 15 is 0 Å². The van der Waals surface area contributed by atoms with Crippen LogP contribution in [-0.4, -0.2) is 31.7 Å². The number of nitrogens with one attached hydrogen (secondary N) is 2. The van der Waals surface area contributed by atoms with Crippen molar-refractivity contribution < 1.29 is 22.7 Å². The Labute approximate surface area is 124 Å². The number of amides is 1.